The summed E-state index contributed by atoms with van der Waals surface area (Å²) in [6, 6.07) is 16.6. The first-order valence-corrected chi connectivity index (χ1v) is 18.5. The van der Waals surface area contributed by atoms with Gasteiger partial charge in [0.2, 0.25) is 11.8 Å². The molecule has 3 heterocycles. The molecule has 2 fully saturated rings. The van der Waals surface area contributed by atoms with Gasteiger partial charge in [0.25, 0.3) is 5.91 Å². The van der Waals surface area contributed by atoms with E-state index in [4.69, 9.17) is 9.47 Å². The van der Waals surface area contributed by atoms with Gasteiger partial charge in [-0.1, -0.05) is 45.0 Å². The molecule has 0 atom stereocenters. The van der Waals surface area contributed by atoms with Crippen molar-refractivity contribution in [2.24, 2.45) is 5.92 Å². The molecule has 1 aliphatic carbocycles. The van der Waals surface area contributed by atoms with Gasteiger partial charge < -0.3 is 35.6 Å². The Morgan fingerprint density at radius 1 is 0.923 bits per heavy atom. The van der Waals surface area contributed by atoms with Crippen molar-refractivity contribution >= 4 is 62.2 Å². The van der Waals surface area contributed by atoms with E-state index in [-0.39, 0.29) is 11.3 Å². The van der Waals surface area contributed by atoms with Crippen LogP contribution < -0.4 is 30.7 Å². The summed E-state index contributed by atoms with van der Waals surface area (Å²) in [6.45, 7) is 10.6. The van der Waals surface area contributed by atoms with E-state index in [1.165, 1.54) is 24.2 Å². The summed E-state index contributed by atoms with van der Waals surface area (Å²) < 4.78 is 12.2. The number of hydrogen-bond acceptors (Lipinski definition) is 10. The molecule has 12 nitrogen and oxygen atoms in total. The maximum atomic E-state index is 13.7. The number of nitrogens with one attached hydrogen (secondary N) is 4. The molecule has 4 N–H and O–H groups in total. The molecule has 0 radical (unpaired) electrons. The van der Waals surface area contributed by atoms with Crippen LogP contribution in [0.15, 0.2) is 60.0 Å². The van der Waals surface area contributed by atoms with E-state index in [9.17, 15) is 9.59 Å². The molecule has 52 heavy (non-hydrogen) atoms. The Morgan fingerprint density at radius 3 is 2.38 bits per heavy atom. The van der Waals surface area contributed by atoms with Gasteiger partial charge in [0, 0.05) is 47.5 Å². The molecule has 3 aromatic carbocycles. The van der Waals surface area contributed by atoms with Crippen LogP contribution >= 0.6 is 11.3 Å². The molecule has 2 aliphatic rings. The smallest absolute Gasteiger partial charge is 0.323 e. The zero-order valence-electron chi connectivity index (χ0n) is 30.1. The van der Waals surface area contributed by atoms with E-state index in [0.717, 1.165) is 54.5 Å². The Labute approximate surface area is 307 Å². The van der Waals surface area contributed by atoms with Crippen molar-refractivity contribution < 1.29 is 19.1 Å². The number of likely N-dealkylation sites (tertiary alicyclic amines) is 1. The summed E-state index contributed by atoms with van der Waals surface area (Å²) >= 11 is 1.35. The number of aromatic nitrogens is 3. The van der Waals surface area contributed by atoms with E-state index in [0.29, 0.717) is 57.1 Å². The van der Waals surface area contributed by atoms with Crippen molar-refractivity contribution in [1.29, 1.82) is 0 Å². The van der Waals surface area contributed by atoms with Gasteiger partial charge >= 0.3 is 6.03 Å². The lowest BCUT2D eigenvalue weighted by molar-refractivity contribution is 0.0788. The monoisotopic (exact) mass is 720 g/mol. The van der Waals surface area contributed by atoms with Crippen LogP contribution in [0.3, 0.4) is 0 Å². The van der Waals surface area contributed by atoms with Crippen LogP contribution in [0, 0.1) is 12.8 Å². The third-order valence-electron chi connectivity index (χ3n) is 9.19. The summed E-state index contributed by atoms with van der Waals surface area (Å²) in [7, 11) is 1.56. The summed E-state index contributed by atoms with van der Waals surface area (Å²) in [6.07, 6.45) is 4.50. The van der Waals surface area contributed by atoms with Gasteiger partial charge in [0.1, 0.15) is 11.4 Å². The van der Waals surface area contributed by atoms with E-state index >= 15 is 0 Å². The molecule has 2 aromatic heterocycles. The predicted molar refractivity (Wildman–Crippen MR) is 207 cm³/mol. The fourth-order valence-corrected chi connectivity index (χ4v) is 6.88. The van der Waals surface area contributed by atoms with Crippen LogP contribution in [0.2, 0.25) is 0 Å². The Kier molecular flexibility index (Phi) is 9.87. The molecule has 1 saturated carbocycles. The normalized spacial score (nSPS) is 14.3. The van der Waals surface area contributed by atoms with Crippen LogP contribution in [-0.4, -0.2) is 58.5 Å². The molecule has 7 rings (SSSR count). The molecule has 1 aliphatic heterocycles. The van der Waals surface area contributed by atoms with Gasteiger partial charge in [0.15, 0.2) is 10.9 Å². The average Bonchev–Trinajstić information content (AvgIpc) is 3.55. The molecular formula is C39H44N8O4S. The Balaban J connectivity index is 1.11. The number of benzene rings is 3. The highest BCUT2D eigenvalue weighted by molar-refractivity contribution is 7.14. The van der Waals surface area contributed by atoms with Gasteiger partial charge in [-0.25, -0.2) is 14.8 Å². The number of rotatable bonds is 11. The second-order valence-electron chi connectivity index (χ2n) is 14.4. The number of urea groups is 1. The number of amides is 3. The molecule has 0 spiro atoms. The summed E-state index contributed by atoms with van der Waals surface area (Å²) in [5, 5.41) is 16.7. The lowest BCUT2D eigenvalue weighted by atomic mass is 9.86. The summed E-state index contributed by atoms with van der Waals surface area (Å²) in [4.78, 5) is 42.2. The quantitative estimate of drug-likeness (QED) is 0.105. The van der Waals surface area contributed by atoms with Crippen LogP contribution in [0.1, 0.15) is 68.2 Å². The molecule has 1 saturated heterocycles. The number of carbonyl (C=O) groups is 2. The van der Waals surface area contributed by atoms with Gasteiger partial charge in [-0.2, -0.15) is 4.98 Å². The number of fused-ring (bicyclic) bond motifs is 1. The predicted octanol–water partition coefficient (Wildman–Crippen LogP) is 8.94. The van der Waals surface area contributed by atoms with E-state index in [1.807, 2.05) is 60.4 Å². The number of methoxy groups -OCH3 is 1. The first kappa shape index (κ1) is 35.0. The van der Waals surface area contributed by atoms with E-state index in [1.54, 1.807) is 18.6 Å². The molecule has 270 valence electrons. The molecule has 5 aromatic rings. The first-order chi connectivity index (χ1) is 25.0. The molecule has 3 amide bonds. The molecular weight excluding hydrogens is 677 g/mol. The fourth-order valence-electron chi connectivity index (χ4n) is 6.18. The van der Waals surface area contributed by atoms with Crippen molar-refractivity contribution in [1.82, 2.24) is 19.9 Å². The lowest BCUT2D eigenvalue weighted by Gasteiger charge is -2.24. The summed E-state index contributed by atoms with van der Waals surface area (Å²) in [5.41, 5.74) is 3.64. The fraction of sp³-hybridized carbons (Fsp3) is 0.359. The number of thiazole rings is 1. The number of ether oxygens (including phenoxy) is 2. The topological polar surface area (TPSA) is 143 Å². The SMILES string of the molecule is COc1c(NC(=O)Nc2ccc(Oc3cc(C)nc(NCC4CC4)n3)c3ccccc23)cc(C(C)(C)C)cc1Nc1nc(C(=O)N2CCCC2)cs1. The first-order valence-electron chi connectivity index (χ1n) is 17.7. The van der Waals surface area contributed by atoms with Crippen molar-refractivity contribution in [2.45, 2.75) is 58.8 Å². The third-order valence-corrected chi connectivity index (χ3v) is 9.95. The standard InChI is InChI=1S/C39H44N8O4S/c1-23-18-33(46-36(41-23)40-21-24-12-13-24)51-32-15-14-28(26-10-6-7-11-27(26)32)42-37(49)43-29-19-25(39(2,3)4)20-30(34(29)50-5)44-38-45-31(22-52-38)35(48)47-16-8-9-17-47/h6-7,10-11,14-15,18-20,22,24H,8-9,12-13,16-17,21H2,1-5H3,(H,44,45)(H,40,41,46)(H2,42,43,49). The lowest BCUT2D eigenvalue weighted by Crippen LogP contribution is -2.27. The van der Waals surface area contributed by atoms with Crippen LogP contribution in [0.4, 0.5) is 32.9 Å². The zero-order valence-corrected chi connectivity index (χ0v) is 30.9. The number of anilines is 5. The molecule has 0 bridgehead atoms. The number of hydrogen-bond donors (Lipinski definition) is 4. The average molecular weight is 721 g/mol. The highest BCUT2D eigenvalue weighted by Crippen LogP contribution is 2.41. The minimum Gasteiger partial charge on any atom is -0.492 e. The number of nitrogens with zero attached hydrogens (tertiary/aromatic N) is 4. The molecule has 0 unspecified atom stereocenters. The Morgan fingerprint density at radius 2 is 1.65 bits per heavy atom. The minimum atomic E-state index is -0.445. The second-order valence-corrected chi connectivity index (χ2v) is 15.2. The highest BCUT2D eigenvalue weighted by atomic mass is 32.1. The minimum absolute atomic E-state index is 0.0573. The number of aryl methyl sites for hydroxylation is 1. The maximum Gasteiger partial charge on any atom is 0.323 e. The third kappa shape index (κ3) is 8.04. The van der Waals surface area contributed by atoms with Gasteiger partial charge in [-0.15, -0.1) is 11.3 Å². The maximum absolute atomic E-state index is 13.7. The van der Waals surface area contributed by atoms with Crippen molar-refractivity contribution in [2.75, 3.05) is 48.0 Å². The zero-order chi connectivity index (χ0) is 36.4. The van der Waals surface area contributed by atoms with Crippen LogP contribution in [0.5, 0.6) is 17.4 Å². The van der Waals surface area contributed by atoms with Gasteiger partial charge in [-0.3, -0.25) is 4.79 Å². The largest absolute Gasteiger partial charge is 0.492 e. The van der Waals surface area contributed by atoms with E-state index in [2.05, 4.69) is 57.0 Å². The Bertz CT molecular complexity index is 2120. The van der Waals surface area contributed by atoms with Crippen molar-refractivity contribution in [3.63, 3.8) is 0 Å². The van der Waals surface area contributed by atoms with Crippen LogP contribution in [0.25, 0.3) is 10.8 Å². The number of carbonyl (C=O) groups excluding carboxylic acids is 2. The summed E-state index contributed by atoms with van der Waals surface area (Å²) in [5.74, 6) is 2.66. The van der Waals surface area contributed by atoms with E-state index < -0.39 is 6.03 Å². The van der Waals surface area contributed by atoms with Gasteiger partial charge in [0.05, 0.1) is 24.2 Å². The highest BCUT2D eigenvalue weighted by Gasteiger charge is 2.25. The van der Waals surface area contributed by atoms with Crippen molar-refractivity contribution in [3.8, 4) is 17.4 Å². The Hall–Kier alpha value is -5.43. The van der Waals surface area contributed by atoms with Gasteiger partial charge in [-0.05, 0) is 73.8 Å². The molecule has 13 heteroatoms. The van der Waals surface area contributed by atoms with Crippen LogP contribution in [-0.2, 0) is 5.41 Å². The van der Waals surface area contributed by atoms with Crippen molar-refractivity contribution in [3.05, 3.63) is 76.9 Å². The second kappa shape index (κ2) is 14.7.